The van der Waals surface area contributed by atoms with Crippen LogP contribution >= 0.6 is 0 Å². The zero-order valence-corrected chi connectivity index (χ0v) is 27.1. The number of hydrogen-bond acceptors (Lipinski definition) is 10. The van der Waals surface area contributed by atoms with Crippen molar-refractivity contribution in [1.82, 2.24) is 5.32 Å². The number of Topliss-reactive ketones (excluding diaryl/α,β-unsaturated/α-hetero) is 1. The Hall–Kier alpha value is -6.79. The lowest BCUT2D eigenvalue weighted by Gasteiger charge is -2.36. The number of carbonyl (C=O) groups is 4. The van der Waals surface area contributed by atoms with Gasteiger partial charge in [-0.15, -0.1) is 12.3 Å². The first kappa shape index (κ1) is 34.1. The molecule has 1 atom stereocenters. The Bertz CT molecular complexity index is 2080. The molecule has 256 valence electrons. The molecule has 0 bridgehead atoms. The van der Waals surface area contributed by atoms with Crippen molar-refractivity contribution in [1.29, 1.82) is 5.26 Å². The zero-order chi connectivity index (χ0) is 36.1. The van der Waals surface area contributed by atoms with Gasteiger partial charge in [-0.05, 0) is 72.6 Å². The van der Waals surface area contributed by atoms with Crippen molar-refractivity contribution in [2.75, 3.05) is 11.9 Å². The van der Waals surface area contributed by atoms with Crippen LogP contribution in [-0.4, -0.2) is 40.4 Å². The molecule has 2 aliphatic rings. The summed E-state index contributed by atoms with van der Waals surface area (Å²) in [5.41, 5.74) is 1.58. The number of esters is 1. The molecule has 4 aromatic rings. The van der Waals surface area contributed by atoms with Crippen LogP contribution in [0.5, 0.6) is 28.7 Å². The van der Waals surface area contributed by atoms with Crippen molar-refractivity contribution < 1.29 is 43.6 Å². The molecule has 1 unspecified atom stereocenters. The number of phenolic OH excluding ortho intramolecular Hbond substituents is 2. The number of amides is 2. The highest BCUT2D eigenvalue weighted by molar-refractivity contribution is 6.09. The Labute approximate surface area is 292 Å². The number of ether oxygens (including phenoxy) is 3. The van der Waals surface area contributed by atoms with E-state index in [1.165, 1.54) is 24.3 Å². The summed E-state index contributed by atoms with van der Waals surface area (Å²) < 4.78 is 17.8. The van der Waals surface area contributed by atoms with Gasteiger partial charge in [-0.3, -0.25) is 14.4 Å². The molecule has 2 aliphatic heterocycles. The lowest BCUT2D eigenvalue weighted by molar-refractivity contribution is -0.129. The summed E-state index contributed by atoms with van der Waals surface area (Å²) in [7, 11) is 0. The SMILES string of the molecule is C#CCCC(=O)C(C#N)C(=O)Nc1ccc(OCCCC(=O)NCc2ccc3c(c2)C2(OC3=O)c3ccc(O)cc3Oc3cc(O)ccc32)cc1. The van der Waals surface area contributed by atoms with E-state index in [0.717, 1.165) is 0 Å². The number of ketones is 1. The van der Waals surface area contributed by atoms with Gasteiger partial charge in [0, 0.05) is 60.3 Å². The van der Waals surface area contributed by atoms with Crippen LogP contribution in [0.2, 0.25) is 0 Å². The summed E-state index contributed by atoms with van der Waals surface area (Å²) in [5, 5.41) is 35.0. The maximum absolute atomic E-state index is 13.2. The van der Waals surface area contributed by atoms with Crippen molar-refractivity contribution in [3.8, 4) is 47.2 Å². The van der Waals surface area contributed by atoms with E-state index < -0.39 is 29.2 Å². The van der Waals surface area contributed by atoms with E-state index in [1.807, 2.05) is 0 Å². The number of nitrogens with one attached hydrogen (secondary N) is 2. The molecule has 12 nitrogen and oxygen atoms in total. The second-order valence-corrected chi connectivity index (χ2v) is 11.9. The number of rotatable bonds is 12. The van der Waals surface area contributed by atoms with E-state index in [4.69, 9.17) is 20.6 Å². The number of aromatic hydroxyl groups is 2. The molecule has 4 aromatic carbocycles. The van der Waals surface area contributed by atoms with E-state index in [-0.39, 0.29) is 61.3 Å². The number of fused-ring (bicyclic) bond motifs is 6. The monoisotopic (exact) mass is 685 g/mol. The fourth-order valence-corrected chi connectivity index (χ4v) is 6.03. The fourth-order valence-electron chi connectivity index (χ4n) is 6.03. The maximum Gasteiger partial charge on any atom is 0.340 e. The molecule has 51 heavy (non-hydrogen) atoms. The van der Waals surface area contributed by atoms with Crippen LogP contribution < -0.4 is 20.1 Å². The summed E-state index contributed by atoms with van der Waals surface area (Å²) in [5.74, 6) is -0.221. The highest BCUT2D eigenvalue weighted by atomic mass is 16.6. The van der Waals surface area contributed by atoms with E-state index in [9.17, 15) is 34.7 Å². The molecule has 6 rings (SSSR count). The Morgan fingerprint density at radius 3 is 2.24 bits per heavy atom. The number of phenols is 2. The van der Waals surface area contributed by atoms with Crippen LogP contribution in [0.1, 0.15) is 58.3 Å². The van der Waals surface area contributed by atoms with Crippen LogP contribution in [0, 0.1) is 29.6 Å². The predicted molar refractivity (Wildman–Crippen MR) is 182 cm³/mol. The maximum atomic E-state index is 13.2. The predicted octanol–water partition coefficient (Wildman–Crippen LogP) is 5.20. The van der Waals surface area contributed by atoms with Gasteiger partial charge in [0.2, 0.25) is 11.8 Å². The summed E-state index contributed by atoms with van der Waals surface area (Å²) >= 11 is 0. The molecule has 12 heteroatoms. The van der Waals surface area contributed by atoms with Crippen LogP contribution in [0.3, 0.4) is 0 Å². The van der Waals surface area contributed by atoms with Crippen LogP contribution in [-0.2, 0) is 31.3 Å². The molecule has 4 N–H and O–H groups in total. The lowest BCUT2D eigenvalue weighted by atomic mass is 9.77. The summed E-state index contributed by atoms with van der Waals surface area (Å²) in [6.07, 6.45) is 5.84. The standard InChI is InChI=1S/C39H31N3O9/c1-2-3-5-33(45)29(21-40)37(47)42-24-8-12-27(13-9-24)49-17-4-6-36(46)41-22-23-7-14-28-32(18-23)39(51-38(28)48)30-15-10-25(43)19-34(30)50-35-20-26(44)11-16-31(35)39/h1,7-16,18-20,29,43-44H,3-6,17,22H2,(H,41,46)(H,42,47). The minimum Gasteiger partial charge on any atom is -0.508 e. The number of carbonyl (C=O) groups excluding carboxylic acids is 4. The highest BCUT2D eigenvalue weighted by Gasteiger charge is 2.53. The van der Waals surface area contributed by atoms with Crippen molar-refractivity contribution in [2.45, 2.75) is 37.8 Å². The van der Waals surface area contributed by atoms with Crippen LogP contribution in [0.15, 0.2) is 78.9 Å². The number of nitrogens with zero attached hydrogens (tertiary/aromatic N) is 1. The normalized spacial score (nSPS) is 13.6. The van der Waals surface area contributed by atoms with Crippen LogP contribution in [0.25, 0.3) is 0 Å². The third-order valence-electron chi connectivity index (χ3n) is 8.50. The molecule has 2 amide bonds. The molecule has 2 heterocycles. The first-order valence-electron chi connectivity index (χ1n) is 16.0. The van der Waals surface area contributed by atoms with E-state index >= 15 is 0 Å². The summed E-state index contributed by atoms with van der Waals surface area (Å²) in [4.78, 5) is 50.4. The van der Waals surface area contributed by atoms with Gasteiger partial charge in [-0.25, -0.2) is 4.79 Å². The average molecular weight is 686 g/mol. The average Bonchev–Trinajstić information content (AvgIpc) is 3.40. The fraction of sp³-hybridized carbons (Fsp3) is 0.205. The number of hydrogen-bond donors (Lipinski definition) is 4. The summed E-state index contributed by atoms with van der Waals surface area (Å²) in [6, 6.07) is 22.3. The van der Waals surface area contributed by atoms with Crippen LogP contribution in [0.4, 0.5) is 5.69 Å². The molecule has 0 aliphatic carbocycles. The smallest absolute Gasteiger partial charge is 0.340 e. The minimum atomic E-state index is -1.45. The molecule has 0 radical (unpaired) electrons. The number of anilines is 1. The first-order valence-corrected chi connectivity index (χ1v) is 16.0. The topological polar surface area (TPSA) is 184 Å². The van der Waals surface area contributed by atoms with Gasteiger partial charge in [-0.2, -0.15) is 5.26 Å². The van der Waals surface area contributed by atoms with E-state index in [1.54, 1.807) is 60.7 Å². The Kier molecular flexibility index (Phi) is 9.60. The third-order valence-corrected chi connectivity index (χ3v) is 8.50. The number of nitriles is 1. The highest BCUT2D eigenvalue weighted by Crippen LogP contribution is 2.57. The second-order valence-electron chi connectivity index (χ2n) is 11.9. The van der Waals surface area contributed by atoms with Crippen molar-refractivity contribution >= 4 is 29.3 Å². The largest absolute Gasteiger partial charge is 0.508 e. The second kappa shape index (κ2) is 14.4. The first-order chi connectivity index (χ1) is 24.6. The van der Waals surface area contributed by atoms with Crippen molar-refractivity contribution in [3.63, 3.8) is 0 Å². The number of terminal acetylenes is 1. The Morgan fingerprint density at radius 1 is 0.902 bits per heavy atom. The van der Waals surface area contributed by atoms with Gasteiger partial charge in [0.1, 0.15) is 28.7 Å². The molecule has 1 spiro atoms. The Balaban J connectivity index is 1.04. The summed E-state index contributed by atoms with van der Waals surface area (Å²) in [6.45, 7) is 0.417. The van der Waals surface area contributed by atoms with E-state index in [0.29, 0.717) is 45.7 Å². The molecular weight excluding hydrogens is 654 g/mol. The molecule has 0 saturated carbocycles. The quantitative estimate of drug-likeness (QED) is 0.0669. The molecule has 0 saturated heterocycles. The Morgan fingerprint density at radius 2 is 1.59 bits per heavy atom. The van der Waals surface area contributed by atoms with Crippen molar-refractivity contribution in [2.24, 2.45) is 5.92 Å². The lowest BCUT2D eigenvalue weighted by Crippen LogP contribution is -2.33. The van der Waals surface area contributed by atoms with Gasteiger partial charge in [0.05, 0.1) is 18.2 Å². The van der Waals surface area contributed by atoms with Gasteiger partial charge in [0.25, 0.3) is 0 Å². The number of benzene rings is 4. The van der Waals surface area contributed by atoms with E-state index in [2.05, 4.69) is 16.6 Å². The van der Waals surface area contributed by atoms with Crippen molar-refractivity contribution in [3.05, 3.63) is 107 Å². The van der Waals surface area contributed by atoms with Gasteiger partial charge in [0.15, 0.2) is 17.3 Å². The molecule has 0 fully saturated rings. The van der Waals surface area contributed by atoms with Gasteiger partial charge >= 0.3 is 5.97 Å². The molecular formula is C39H31N3O9. The zero-order valence-electron chi connectivity index (χ0n) is 27.1. The third kappa shape index (κ3) is 6.89. The molecule has 0 aromatic heterocycles. The minimum absolute atomic E-state index is 0.0451. The van der Waals surface area contributed by atoms with Gasteiger partial charge in [-0.1, -0.05) is 6.07 Å². The van der Waals surface area contributed by atoms with Gasteiger partial charge < -0.3 is 35.1 Å².